The molecule has 0 spiro atoms. The molecule has 3 N–H and O–H groups in total. The average molecular weight is 377 g/mol. The molecule has 0 bridgehead atoms. The fourth-order valence-electron chi connectivity index (χ4n) is 1.92. The Morgan fingerprint density at radius 2 is 2.19 bits per heavy atom. The van der Waals surface area contributed by atoms with Crippen LogP contribution in [0, 0.1) is 5.92 Å². The molecule has 1 aromatic rings. The molecule has 1 aliphatic rings. The zero-order valence-electron chi connectivity index (χ0n) is 28.9. The second-order valence-corrected chi connectivity index (χ2v) is 5.53. The Balaban J connectivity index is 2.91. The molecule has 2 rings (SSSR count). The van der Waals surface area contributed by atoms with Crippen LogP contribution in [-0.4, -0.2) is 53.3 Å². The van der Waals surface area contributed by atoms with Gasteiger partial charge in [-0.25, -0.2) is 0 Å². The van der Waals surface area contributed by atoms with Crippen LogP contribution in [0.5, 0.6) is 0 Å². The summed E-state index contributed by atoms with van der Waals surface area (Å²) in [4.78, 5) is 39.2. The summed E-state index contributed by atoms with van der Waals surface area (Å²) in [5, 5.41) is 13.0. The third kappa shape index (κ3) is 4.40. The highest BCUT2D eigenvalue weighted by atomic mass is 16.3. The topological polar surface area (TPSA) is 98.7 Å². The molecule has 26 heavy (non-hydrogen) atoms. The minimum absolute atomic E-state index is 0.458. The Morgan fingerprint density at radius 3 is 2.85 bits per heavy atom. The highest BCUT2D eigenvalue weighted by Gasteiger charge is 2.32. The number of benzene rings is 1. The van der Waals surface area contributed by atoms with Crippen LogP contribution in [0.4, 0.5) is 0 Å². The molecule has 1 aromatic carbocycles. The molecule has 3 atom stereocenters. The van der Waals surface area contributed by atoms with Crippen LogP contribution in [0.2, 0.25) is 0 Å². The third-order valence-corrected chi connectivity index (χ3v) is 3.33. The smallest absolute Gasteiger partial charge is 0.249 e. The molecule has 0 aliphatic carbocycles. The van der Waals surface area contributed by atoms with Crippen LogP contribution in [0.3, 0.4) is 0 Å². The van der Waals surface area contributed by atoms with Gasteiger partial charge in [-0.05, 0) is 30.3 Å². The lowest BCUT2D eigenvalue weighted by atomic mass is 9.99. The first-order chi connectivity index (χ1) is 18.1. The van der Waals surface area contributed by atoms with Crippen molar-refractivity contribution >= 4 is 17.7 Å². The molecular formula is C19H27N3O4. The fraction of sp³-hybridized carbons (Fsp3) is 0.526. The maximum Gasteiger partial charge on any atom is 0.249 e. The molecule has 7 nitrogen and oxygen atoms in total. The van der Waals surface area contributed by atoms with Crippen LogP contribution in [-0.2, 0) is 20.8 Å². The third-order valence-electron chi connectivity index (χ3n) is 3.33. The number of likely N-dealkylation sites (N-methyl/N-ethyl adjacent to an activating group) is 1. The van der Waals surface area contributed by atoms with E-state index in [1.54, 1.807) is 0 Å². The number of hydrogen-bond donors (Lipinski definition) is 3. The predicted molar refractivity (Wildman–Crippen MR) is 97.1 cm³/mol. The van der Waals surface area contributed by atoms with Gasteiger partial charge in [0, 0.05) is 24.4 Å². The maximum atomic E-state index is 13.6. The van der Waals surface area contributed by atoms with E-state index in [-0.39, 0.29) is 0 Å². The number of carbonyl (C=O) groups excluding carboxylic acids is 3. The first-order valence-electron chi connectivity index (χ1n) is 14.9. The number of rotatable bonds is 5. The quantitative estimate of drug-likeness (QED) is 0.692. The van der Waals surface area contributed by atoms with Gasteiger partial charge < -0.3 is 20.6 Å². The molecule has 1 aliphatic heterocycles. The first kappa shape index (κ1) is 7.68. The Morgan fingerprint density at radius 1 is 1.46 bits per heavy atom. The summed E-state index contributed by atoms with van der Waals surface area (Å²) in [6.07, 6.45) is -4.28. The number of carbonyl (C=O) groups is 3. The molecule has 0 fully saturated rings. The Hall–Kier alpha value is -2.41. The number of amides is 3. The van der Waals surface area contributed by atoms with Crippen LogP contribution >= 0.6 is 0 Å². The minimum Gasteiger partial charge on any atom is -0.383 e. The van der Waals surface area contributed by atoms with E-state index < -0.39 is 109 Å². The molecular weight excluding hydrogens is 334 g/mol. The normalized spacial score (nSPS) is 35.9. The van der Waals surface area contributed by atoms with E-state index in [2.05, 4.69) is 0 Å². The summed E-state index contributed by atoms with van der Waals surface area (Å²) < 4.78 is 120. The first-order valence-corrected chi connectivity index (χ1v) is 7.41. The van der Waals surface area contributed by atoms with Gasteiger partial charge in [-0.3, -0.25) is 14.4 Å². The number of nitrogens with zero attached hydrogens (tertiary/aromatic N) is 1. The molecule has 0 saturated carbocycles. The Labute approximate surface area is 174 Å². The SMILES string of the molecule is [2H]c1c([2H])c([2H])c2c(c1[2H])CC([2H])([2H])N(C([2H])([2H])[2H])C(=O)[C@@]2([2H])NC(=O)[C@@]([2H])(NC(=O)[C@@]([2H])(O)C(C)C)C([2H])([2H])[2H]. The van der Waals surface area contributed by atoms with Gasteiger partial charge in [-0.15, -0.1) is 0 Å². The van der Waals surface area contributed by atoms with Gasteiger partial charge in [0.1, 0.15) is 18.1 Å². The van der Waals surface area contributed by atoms with Crippen LogP contribution < -0.4 is 10.6 Å². The van der Waals surface area contributed by atoms with E-state index >= 15 is 0 Å². The van der Waals surface area contributed by atoms with Crippen molar-refractivity contribution < 1.29 is 40.1 Å². The molecule has 0 unspecified atom stereocenters. The van der Waals surface area contributed by atoms with Gasteiger partial charge in [-0.2, -0.15) is 0 Å². The van der Waals surface area contributed by atoms with Gasteiger partial charge in [-0.1, -0.05) is 38.0 Å². The van der Waals surface area contributed by atoms with Gasteiger partial charge in [0.05, 0.1) is 9.60 Å². The summed E-state index contributed by atoms with van der Waals surface area (Å²) in [6, 6.07) is -11.8. The highest BCUT2D eigenvalue weighted by molar-refractivity contribution is 5.93. The highest BCUT2D eigenvalue weighted by Crippen LogP contribution is 2.24. The zero-order valence-corrected chi connectivity index (χ0v) is 13.9. The largest absolute Gasteiger partial charge is 0.383 e. The van der Waals surface area contributed by atoms with E-state index in [0.29, 0.717) is 0 Å². The number of fused-ring (bicyclic) bond motifs is 1. The summed E-state index contributed by atoms with van der Waals surface area (Å²) in [6.45, 7) is -8.41. The lowest BCUT2D eigenvalue weighted by molar-refractivity contribution is -0.137. The zero-order chi connectivity index (χ0) is 32.5. The van der Waals surface area contributed by atoms with Gasteiger partial charge in [0.25, 0.3) is 0 Å². The van der Waals surface area contributed by atoms with Crippen LogP contribution in [0.15, 0.2) is 24.2 Å². The predicted octanol–water partition coefficient (Wildman–Crippen LogP) is 0.380. The van der Waals surface area contributed by atoms with Crippen molar-refractivity contribution in [2.45, 2.75) is 45.2 Å². The van der Waals surface area contributed by atoms with Crippen molar-refractivity contribution in [1.29, 1.82) is 0 Å². The van der Waals surface area contributed by atoms with E-state index in [0.717, 1.165) is 0 Å². The van der Waals surface area contributed by atoms with Gasteiger partial charge >= 0.3 is 0 Å². The van der Waals surface area contributed by atoms with Crippen molar-refractivity contribution in [2.75, 3.05) is 13.5 Å². The monoisotopic (exact) mass is 376 g/mol. The summed E-state index contributed by atoms with van der Waals surface area (Å²) >= 11 is 0. The molecule has 7 heteroatoms. The fourth-order valence-corrected chi connectivity index (χ4v) is 1.92. The number of hydrogen-bond acceptors (Lipinski definition) is 4. The van der Waals surface area contributed by atoms with Crippen molar-refractivity contribution in [2.24, 2.45) is 5.92 Å². The molecule has 0 aromatic heterocycles. The second-order valence-electron chi connectivity index (χ2n) is 5.53. The molecule has 0 saturated heterocycles. The lowest BCUT2D eigenvalue weighted by Crippen LogP contribution is -2.51. The van der Waals surface area contributed by atoms with Crippen LogP contribution in [0.25, 0.3) is 0 Å². The average Bonchev–Trinajstić information content (AvgIpc) is 2.84. The molecule has 142 valence electrons. The van der Waals surface area contributed by atoms with Gasteiger partial charge in [0.2, 0.25) is 17.7 Å². The van der Waals surface area contributed by atoms with E-state index in [1.807, 2.05) is 0 Å². The molecule has 3 amide bonds. The summed E-state index contributed by atoms with van der Waals surface area (Å²) in [7, 11) is 0. The standard InChI is InChI=1S/C19H27N3O4/c1-11(2)16(23)18(25)20-12(3)17(24)21-15-14-8-6-5-7-13(14)9-10-22(4)19(15)26/h5-8,11-12,15-16,23H,9-10H2,1-4H3,(H,20,25)(H,21,24)/t12-,15-,16-/m0/s1/i3D3,4D3,5D,6D,7D,8D,10D2,12D,15D,16D. The Kier molecular flexibility index (Phi) is 2.46. The van der Waals surface area contributed by atoms with E-state index in [9.17, 15) is 19.5 Å². The molecule has 0 radical (unpaired) electrons. The van der Waals surface area contributed by atoms with E-state index in [1.165, 1.54) is 24.5 Å². The number of nitrogens with one attached hydrogen (secondary N) is 2. The Bertz CT molecular complexity index is 1280. The minimum atomic E-state index is -3.87. The summed E-state index contributed by atoms with van der Waals surface area (Å²) in [5.74, 6) is -7.36. The van der Waals surface area contributed by atoms with E-state index in [4.69, 9.17) is 20.6 Å². The summed E-state index contributed by atoms with van der Waals surface area (Å²) in [5.41, 5.74) is -1.93. The van der Waals surface area contributed by atoms with Gasteiger partial charge in [0.15, 0.2) is 0 Å². The molecule has 1 heterocycles. The van der Waals surface area contributed by atoms with Crippen molar-refractivity contribution in [3.05, 3.63) is 35.3 Å². The van der Waals surface area contributed by atoms with Crippen molar-refractivity contribution in [1.82, 2.24) is 15.5 Å². The van der Waals surface area contributed by atoms with Crippen molar-refractivity contribution in [3.8, 4) is 0 Å². The van der Waals surface area contributed by atoms with Crippen molar-refractivity contribution in [3.63, 3.8) is 0 Å². The lowest BCUT2D eigenvalue weighted by Gasteiger charge is -2.24. The number of aliphatic hydroxyl groups is 1. The second kappa shape index (κ2) is 8.31. The van der Waals surface area contributed by atoms with Crippen LogP contribution in [0.1, 0.15) is 58.4 Å². The maximum absolute atomic E-state index is 13.6.